The Hall–Kier alpha value is -2.97. The lowest BCUT2D eigenvalue weighted by molar-refractivity contribution is -0.204. The number of nitrogens with zero attached hydrogens (tertiary/aromatic N) is 2. The second-order valence-electron chi connectivity index (χ2n) is 8.47. The SMILES string of the molecule is CCC#Cc1ccc2c(c1)C1(CC3(CCCc4ccccc4C3)O2)N=C(N)N(C)O1. The number of benzene rings is 2. The molecule has 2 aromatic rings. The first-order chi connectivity index (χ1) is 14.5. The number of hydroxylamine groups is 2. The number of nitrogens with two attached hydrogens (primary N) is 1. The number of aryl methyl sites for hydroxylation is 1. The van der Waals surface area contributed by atoms with Gasteiger partial charge in [-0.05, 0) is 48.6 Å². The van der Waals surface area contributed by atoms with Crippen LogP contribution in [0.4, 0.5) is 0 Å². The highest BCUT2D eigenvalue weighted by Gasteiger charge is 2.54. The lowest BCUT2D eigenvalue weighted by Gasteiger charge is -2.45. The highest BCUT2D eigenvalue weighted by molar-refractivity contribution is 5.79. The Labute approximate surface area is 177 Å². The molecule has 0 radical (unpaired) electrons. The zero-order chi connectivity index (χ0) is 20.8. The van der Waals surface area contributed by atoms with E-state index in [0.29, 0.717) is 12.4 Å². The predicted octanol–water partition coefficient (Wildman–Crippen LogP) is 3.89. The van der Waals surface area contributed by atoms with Gasteiger partial charge < -0.3 is 10.5 Å². The van der Waals surface area contributed by atoms with Crippen molar-refractivity contribution in [1.29, 1.82) is 0 Å². The van der Waals surface area contributed by atoms with E-state index in [0.717, 1.165) is 49.0 Å². The van der Waals surface area contributed by atoms with E-state index in [2.05, 4.69) is 36.1 Å². The Kier molecular flexibility index (Phi) is 4.48. The third-order valence-electron chi connectivity index (χ3n) is 6.31. The van der Waals surface area contributed by atoms with Gasteiger partial charge in [0.1, 0.15) is 11.4 Å². The third kappa shape index (κ3) is 3.12. The predicted molar refractivity (Wildman–Crippen MR) is 117 cm³/mol. The standard InChI is InChI=1S/C25H27N3O2/c1-3-4-8-18-12-13-22-21(15-18)25(27-23(26)28(2)30-25)17-24(29-22)14-7-11-19-9-5-6-10-20(19)16-24/h5-6,9-10,12-13,15H,3,7,11,14,16-17H2,1-2H3,(H2,26,27). The average Bonchev–Trinajstić information content (AvgIpc) is 2.90. The summed E-state index contributed by atoms with van der Waals surface area (Å²) in [5.41, 5.74) is 9.51. The summed E-state index contributed by atoms with van der Waals surface area (Å²) in [6, 6.07) is 14.8. The average molecular weight is 402 g/mol. The molecular formula is C25H27N3O2. The van der Waals surface area contributed by atoms with Crippen molar-refractivity contribution in [2.75, 3.05) is 7.05 Å². The van der Waals surface area contributed by atoms with Crippen LogP contribution in [0.1, 0.15) is 54.9 Å². The van der Waals surface area contributed by atoms with Gasteiger partial charge in [0, 0.05) is 31.9 Å². The minimum atomic E-state index is -0.879. The van der Waals surface area contributed by atoms with Crippen LogP contribution in [-0.2, 0) is 23.4 Å². The van der Waals surface area contributed by atoms with Crippen LogP contribution >= 0.6 is 0 Å². The van der Waals surface area contributed by atoms with Gasteiger partial charge in [0.2, 0.25) is 11.7 Å². The molecule has 2 atom stereocenters. The number of aliphatic imine (C=N–C) groups is 1. The van der Waals surface area contributed by atoms with Crippen molar-refractivity contribution in [2.24, 2.45) is 10.7 Å². The topological polar surface area (TPSA) is 60.1 Å². The quantitative estimate of drug-likeness (QED) is 0.681. The Morgan fingerprint density at radius 3 is 2.80 bits per heavy atom. The highest BCUT2D eigenvalue weighted by Crippen LogP contribution is 2.52. The Morgan fingerprint density at radius 2 is 2.03 bits per heavy atom. The minimum absolute atomic E-state index is 0.384. The monoisotopic (exact) mass is 401 g/mol. The van der Waals surface area contributed by atoms with Crippen LogP contribution in [0.15, 0.2) is 47.5 Å². The first kappa shape index (κ1) is 19.0. The lowest BCUT2D eigenvalue weighted by atomic mass is 9.79. The fraction of sp³-hybridized carbons (Fsp3) is 0.400. The van der Waals surface area contributed by atoms with E-state index in [9.17, 15) is 0 Å². The zero-order valence-corrected chi connectivity index (χ0v) is 17.6. The molecule has 2 aliphatic heterocycles. The number of fused-ring (bicyclic) bond motifs is 3. The number of hydrogen-bond donors (Lipinski definition) is 1. The summed E-state index contributed by atoms with van der Waals surface area (Å²) < 4.78 is 6.76. The maximum absolute atomic E-state index is 6.76. The van der Waals surface area contributed by atoms with Gasteiger partial charge >= 0.3 is 0 Å². The van der Waals surface area contributed by atoms with Crippen LogP contribution in [0.3, 0.4) is 0 Å². The summed E-state index contributed by atoms with van der Waals surface area (Å²) >= 11 is 0. The van der Waals surface area contributed by atoms with Gasteiger partial charge in [-0.1, -0.05) is 43.0 Å². The zero-order valence-electron chi connectivity index (χ0n) is 17.6. The molecule has 1 aliphatic carbocycles. The van der Waals surface area contributed by atoms with E-state index >= 15 is 0 Å². The summed E-state index contributed by atoms with van der Waals surface area (Å²) in [6.45, 7) is 2.05. The summed E-state index contributed by atoms with van der Waals surface area (Å²) in [4.78, 5) is 11.2. The molecule has 2 aromatic carbocycles. The van der Waals surface area contributed by atoms with Gasteiger partial charge in [0.25, 0.3) is 0 Å². The Morgan fingerprint density at radius 1 is 1.20 bits per heavy atom. The fourth-order valence-electron chi connectivity index (χ4n) is 4.97. The molecule has 5 nitrogen and oxygen atoms in total. The Bertz CT molecular complexity index is 1080. The van der Waals surface area contributed by atoms with Crippen LogP contribution in [0.2, 0.25) is 0 Å². The molecule has 0 fully saturated rings. The van der Waals surface area contributed by atoms with Gasteiger partial charge in [-0.25, -0.2) is 14.9 Å². The molecule has 2 heterocycles. The van der Waals surface area contributed by atoms with Crippen molar-refractivity contribution < 1.29 is 9.57 Å². The van der Waals surface area contributed by atoms with Gasteiger partial charge in [-0.15, -0.1) is 0 Å². The number of rotatable bonds is 0. The molecular weight excluding hydrogens is 374 g/mol. The molecule has 5 rings (SSSR count). The van der Waals surface area contributed by atoms with Crippen molar-refractivity contribution in [2.45, 2.75) is 56.8 Å². The molecule has 2 unspecified atom stereocenters. The second-order valence-corrected chi connectivity index (χ2v) is 8.47. The van der Waals surface area contributed by atoms with Crippen molar-refractivity contribution in [1.82, 2.24) is 5.06 Å². The summed E-state index contributed by atoms with van der Waals surface area (Å²) in [6.07, 6.45) is 5.35. The first-order valence-electron chi connectivity index (χ1n) is 10.7. The van der Waals surface area contributed by atoms with E-state index in [-0.39, 0.29) is 5.60 Å². The van der Waals surface area contributed by atoms with Crippen LogP contribution in [0, 0.1) is 11.8 Å². The molecule has 2 N–H and O–H groups in total. The van der Waals surface area contributed by atoms with E-state index in [1.165, 1.54) is 11.1 Å². The summed E-state index contributed by atoms with van der Waals surface area (Å²) in [7, 11) is 1.80. The van der Waals surface area contributed by atoms with Crippen molar-refractivity contribution in [3.8, 4) is 17.6 Å². The molecule has 154 valence electrons. The summed E-state index contributed by atoms with van der Waals surface area (Å²) in [5, 5.41) is 1.57. The molecule has 0 aromatic heterocycles. The molecule has 0 bridgehead atoms. The van der Waals surface area contributed by atoms with Gasteiger partial charge in [-0.2, -0.15) is 0 Å². The molecule has 5 heteroatoms. The number of guanidine groups is 1. The first-order valence-corrected chi connectivity index (χ1v) is 10.7. The normalized spacial score (nSPS) is 26.9. The number of hydrogen-bond acceptors (Lipinski definition) is 5. The fourth-order valence-corrected chi connectivity index (χ4v) is 4.97. The molecule has 3 aliphatic rings. The van der Waals surface area contributed by atoms with E-state index in [1.807, 2.05) is 25.1 Å². The van der Waals surface area contributed by atoms with E-state index < -0.39 is 5.72 Å². The van der Waals surface area contributed by atoms with E-state index in [1.54, 1.807) is 12.1 Å². The largest absolute Gasteiger partial charge is 0.486 e. The molecule has 2 spiro atoms. The molecule has 0 saturated carbocycles. The summed E-state index contributed by atoms with van der Waals surface area (Å²) in [5.74, 6) is 7.55. The van der Waals surface area contributed by atoms with E-state index in [4.69, 9.17) is 20.3 Å². The maximum Gasteiger partial charge on any atom is 0.222 e. The number of ether oxygens (including phenoxy) is 1. The van der Waals surface area contributed by atoms with Crippen LogP contribution in [0.25, 0.3) is 0 Å². The van der Waals surface area contributed by atoms with Crippen molar-refractivity contribution in [3.05, 3.63) is 64.7 Å². The third-order valence-corrected chi connectivity index (χ3v) is 6.31. The van der Waals surface area contributed by atoms with Crippen LogP contribution in [0.5, 0.6) is 5.75 Å². The highest BCUT2D eigenvalue weighted by atomic mass is 16.7. The van der Waals surface area contributed by atoms with Gasteiger partial charge in [-0.3, -0.25) is 0 Å². The molecule has 30 heavy (non-hydrogen) atoms. The van der Waals surface area contributed by atoms with Gasteiger partial charge in [0.05, 0.1) is 5.56 Å². The minimum Gasteiger partial charge on any atom is -0.486 e. The van der Waals surface area contributed by atoms with Crippen molar-refractivity contribution in [3.63, 3.8) is 0 Å². The van der Waals surface area contributed by atoms with Crippen LogP contribution < -0.4 is 10.5 Å². The van der Waals surface area contributed by atoms with Crippen molar-refractivity contribution >= 4 is 5.96 Å². The lowest BCUT2D eigenvalue weighted by Crippen LogP contribution is -2.49. The smallest absolute Gasteiger partial charge is 0.222 e. The maximum atomic E-state index is 6.76. The molecule has 0 saturated heterocycles. The molecule has 0 amide bonds. The second kappa shape index (κ2) is 7.07. The van der Waals surface area contributed by atoms with Crippen LogP contribution in [-0.4, -0.2) is 23.7 Å². The van der Waals surface area contributed by atoms with Gasteiger partial charge in [0.15, 0.2) is 0 Å². The Balaban J connectivity index is 1.62.